The molecule has 2 aromatic carbocycles. The topological polar surface area (TPSA) is 26.0 Å². The van der Waals surface area contributed by atoms with Crippen LogP contribution in [-0.2, 0) is 6.42 Å². The molecule has 108 valence electrons. The zero-order valence-electron chi connectivity index (χ0n) is 11.5. The average molecular weight is 281 g/mol. The molecule has 20 heavy (non-hydrogen) atoms. The van der Waals surface area contributed by atoms with Gasteiger partial charge in [0.25, 0.3) is 0 Å². The quantitative estimate of drug-likeness (QED) is 0.874. The van der Waals surface area contributed by atoms with Crippen LogP contribution >= 0.6 is 0 Å². The van der Waals surface area contributed by atoms with Gasteiger partial charge in [-0.25, -0.2) is 0 Å². The lowest BCUT2D eigenvalue weighted by Gasteiger charge is -2.17. The Bertz CT molecular complexity index is 602. The van der Waals surface area contributed by atoms with Gasteiger partial charge in [0.05, 0.1) is 0 Å². The normalized spacial score (nSPS) is 13.9. The van der Waals surface area contributed by atoms with Gasteiger partial charge in [-0.3, -0.25) is 0 Å². The largest absolute Gasteiger partial charge is 0.407 e. The maximum absolute atomic E-state index is 12.7. The Morgan fingerprint density at radius 2 is 1.80 bits per heavy atom. The van der Waals surface area contributed by atoms with E-state index in [4.69, 9.17) is 5.73 Å². The molecule has 2 N–H and O–H groups in total. The third-order valence-corrected chi connectivity index (χ3v) is 3.34. The zero-order valence-corrected chi connectivity index (χ0v) is 11.5. The molecule has 0 aliphatic carbocycles. The second-order valence-corrected chi connectivity index (χ2v) is 5.51. The van der Waals surface area contributed by atoms with E-state index in [1.54, 1.807) is 12.1 Å². The van der Waals surface area contributed by atoms with Gasteiger partial charge in [-0.15, -0.1) is 0 Å². The summed E-state index contributed by atoms with van der Waals surface area (Å²) < 4.78 is 38.2. The number of rotatable bonds is 3. The van der Waals surface area contributed by atoms with Crippen LogP contribution in [0, 0.1) is 5.92 Å². The molecule has 0 spiro atoms. The summed E-state index contributed by atoms with van der Waals surface area (Å²) in [4.78, 5) is 0. The molecule has 2 aromatic rings. The highest BCUT2D eigenvalue weighted by molar-refractivity contribution is 5.86. The van der Waals surface area contributed by atoms with Crippen LogP contribution in [0.5, 0.6) is 0 Å². The van der Waals surface area contributed by atoms with Crippen LogP contribution in [0.25, 0.3) is 10.8 Å². The predicted octanol–water partition coefficient (Wildman–Crippen LogP) is 4.60. The van der Waals surface area contributed by atoms with Crippen molar-refractivity contribution in [3.8, 4) is 0 Å². The first-order valence-corrected chi connectivity index (χ1v) is 6.63. The number of nitrogens with two attached hydrogens (primary N) is 1. The van der Waals surface area contributed by atoms with Gasteiger partial charge in [0.15, 0.2) is 0 Å². The van der Waals surface area contributed by atoms with E-state index >= 15 is 0 Å². The Morgan fingerprint density at radius 1 is 1.10 bits per heavy atom. The molecule has 0 aliphatic rings. The molecule has 0 heterocycles. The van der Waals surface area contributed by atoms with Crippen molar-refractivity contribution in [2.45, 2.75) is 32.5 Å². The zero-order chi connectivity index (χ0) is 14.9. The summed E-state index contributed by atoms with van der Waals surface area (Å²) in [5.41, 5.74) is 6.47. The highest BCUT2D eigenvalue weighted by Crippen LogP contribution is 2.33. The third kappa shape index (κ3) is 3.12. The van der Waals surface area contributed by atoms with E-state index in [2.05, 4.69) is 13.8 Å². The molecule has 0 amide bonds. The van der Waals surface area contributed by atoms with Gasteiger partial charge in [0.2, 0.25) is 0 Å². The molecule has 0 saturated heterocycles. The number of alkyl halides is 3. The van der Waals surface area contributed by atoms with Crippen LogP contribution < -0.4 is 5.73 Å². The van der Waals surface area contributed by atoms with Crippen LogP contribution in [-0.4, -0.2) is 6.18 Å². The van der Waals surface area contributed by atoms with Crippen molar-refractivity contribution in [3.05, 3.63) is 47.5 Å². The molecule has 0 radical (unpaired) electrons. The van der Waals surface area contributed by atoms with Crippen molar-refractivity contribution >= 4 is 10.8 Å². The van der Waals surface area contributed by atoms with Crippen molar-refractivity contribution < 1.29 is 13.2 Å². The first-order chi connectivity index (χ1) is 9.29. The van der Waals surface area contributed by atoms with E-state index in [1.807, 2.05) is 18.2 Å². The van der Waals surface area contributed by atoms with E-state index in [1.165, 1.54) is 6.07 Å². The fraction of sp³-hybridized carbons (Fsp3) is 0.375. The van der Waals surface area contributed by atoms with E-state index in [-0.39, 0.29) is 5.56 Å². The van der Waals surface area contributed by atoms with Crippen LogP contribution in [0.4, 0.5) is 13.2 Å². The maximum atomic E-state index is 12.7. The van der Waals surface area contributed by atoms with E-state index < -0.39 is 12.2 Å². The highest BCUT2D eigenvalue weighted by Gasteiger charge is 2.37. The molecule has 0 fully saturated rings. The molecule has 0 bridgehead atoms. The second-order valence-electron chi connectivity index (χ2n) is 5.51. The predicted molar refractivity (Wildman–Crippen MR) is 75.5 cm³/mol. The Kier molecular flexibility index (Phi) is 4.04. The fourth-order valence-electron chi connectivity index (χ4n) is 2.36. The molecule has 1 atom stereocenters. The molecule has 4 heteroatoms. The van der Waals surface area contributed by atoms with Crippen molar-refractivity contribution in [1.29, 1.82) is 0 Å². The second kappa shape index (κ2) is 5.44. The van der Waals surface area contributed by atoms with Gasteiger partial charge >= 0.3 is 6.18 Å². The first kappa shape index (κ1) is 14.9. The number of halogens is 3. The first-order valence-electron chi connectivity index (χ1n) is 6.63. The van der Waals surface area contributed by atoms with Gasteiger partial charge in [0.1, 0.15) is 6.04 Å². The van der Waals surface area contributed by atoms with Gasteiger partial charge in [0, 0.05) is 0 Å². The van der Waals surface area contributed by atoms with Gasteiger partial charge < -0.3 is 5.73 Å². The smallest absolute Gasteiger partial charge is 0.316 e. The van der Waals surface area contributed by atoms with Crippen molar-refractivity contribution in [2.75, 3.05) is 0 Å². The van der Waals surface area contributed by atoms with Crippen molar-refractivity contribution in [3.63, 3.8) is 0 Å². The van der Waals surface area contributed by atoms with E-state index in [9.17, 15) is 13.2 Å². The van der Waals surface area contributed by atoms with Gasteiger partial charge in [-0.1, -0.05) is 44.2 Å². The van der Waals surface area contributed by atoms with Crippen LogP contribution in [0.15, 0.2) is 36.4 Å². The molecule has 0 aromatic heterocycles. The number of benzene rings is 2. The lowest BCUT2D eigenvalue weighted by molar-refractivity contribution is -0.149. The maximum Gasteiger partial charge on any atom is 0.407 e. The minimum absolute atomic E-state index is 0.112. The molecular formula is C16H18F3N. The SMILES string of the molecule is CC(C)Cc1cccc2ccc([C@H](N)C(F)(F)F)cc12. The summed E-state index contributed by atoms with van der Waals surface area (Å²) in [5, 5.41) is 1.81. The molecular weight excluding hydrogens is 263 g/mol. The summed E-state index contributed by atoms with van der Waals surface area (Å²) in [7, 11) is 0. The fourth-order valence-corrected chi connectivity index (χ4v) is 2.36. The van der Waals surface area contributed by atoms with Crippen LogP contribution in [0.2, 0.25) is 0 Å². The Balaban J connectivity index is 2.51. The van der Waals surface area contributed by atoms with Gasteiger partial charge in [-0.05, 0) is 40.3 Å². The summed E-state index contributed by atoms with van der Waals surface area (Å²) in [6.45, 7) is 4.17. The number of hydrogen-bond donors (Lipinski definition) is 1. The summed E-state index contributed by atoms with van der Waals surface area (Å²) in [6.07, 6.45) is -3.58. The van der Waals surface area contributed by atoms with E-state index in [0.29, 0.717) is 5.92 Å². The standard InChI is InChI=1S/C16H18F3N/c1-10(2)8-12-5-3-4-11-6-7-13(9-14(11)12)15(20)16(17,18)19/h3-7,9-10,15H,8,20H2,1-2H3/t15-/m0/s1. The van der Waals surface area contributed by atoms with Crippen molar-refractivity contribution in [1.82, 2.24) is 0 Å². The average Bonchev–Trinajstić information content (AvgIpc) is 2.36. The lowest BCUT2D eigenvalue weighted by atomic mass is 9.94. The lowest BCUT2D eigenvalue weighted by Crippen LogP contribution is -2.28. The van der Waals surface area contributed by atoms with Gasteiger partial charge in [-0.2, -0.15) is 13.2 Å². The molecule has 0 unspecified atom stereocenters. The molecule has 0 aliphatic heterocycles. The minimum atomic E-state index is -4.42. The Hall–Kier alpha value is -1.55. The summed E-state index contributed by atoms with van der Waals surface area (Å²) in [6, 6.07) is 8.61. The van der Waals surface area contributed by atoms with E-state index in [0.717, 1.165) is 22.8 Å². The number of hydrogen-bond acceptors (Lipinski definition) is 1. The third-order valence-electron chi connectivity index (χ3n) is 3.34. The number of fused-ring (bicyclic) bond motifs is 1. The highest BCUT2D eigenvalue weighted by atomic mass is 19.4. The monoisotopic (exact) mass is 281 g/mol. The summed E-state index contributed by atoms with van der Waals surface area (Å²) >= 11 is 0. The summed E-state index contributed by atoms with van der Waals surface area (Å²) in [5.74, 6) is 0.445. The van der Waals surface area contributed by atoms with Crippen LogP contribution in [0.1, 0.15) is 31.0 Å². The Labute approximate surface area is 116 Å². The molecule has 2 rings (SSSR count). The Morgan fingerprint density at radius 3 is 2.40 bits per heavy atom. The van der Waals surface area contributed by atoms with Crippen molar-refractivity contribution in [2.24, 2.45) is 11.7 Å². The molecule has 0 saturated carbocycles. The minimum Gasteiger partial charge on any atom is -0.316 e. The molecule has 1 nitrogen and oxygen atoms in total. The van der Waals surface area contributed by atoms with Crippen LogP contribution in [0.3, 0.4) is 0 Å².